The predicted molar refractivity (Wildman–Crippen MR) is 120 cm³/mol. The van der Waals surface area contributed by atoms with Gasteiger partial charge in [-0.15, -0.1) is 5.10 Å². The van der Waals surface area contributed by atoms with Gasteiger partial charge >= 0.3 is 0 Å². The van der Waals surface area contributed by atoms with Crippen LogP contribution in [0.3, 0.4) is 0 Å². The highest BCUT2D eigenvalue weighted by molar-refractivity contribution is 5.71. The number of nitrogens with one attached hydrogen (secondary N) is 3. The Morgan fingerprint density at radius 2 is 1.70 bits per heavy atom. The molecule has 10 nitrogen and oxygen atoms in total. The van der Waals surface area contributed by atoms with Gasteiger partial charge in [-0.3, -0.25) is 5.10 Å². The van der Waals surface area contributed by atoms with Gasteiger partial charge in [-0.25, -0.2) is 4.98 Å². The molecule has 0 aliphatic carbocycles. The molecule has 2 aliphatic heterocycles. The number of pyridine rings is 1. The van der Waals surface area contributed by atoms with Crippen LogP contribution in [0.15, 0.2) is 54.7 Å². The van der Waals surface area contributed by atoms with E-state index in [9.17, 15) is 0 Å². The lowest BCUT2D eigenvalue weighted by Gasteiger charge is -2.18. The molecule has 4 heterocycles. The topological polar surface area (TPSA) is 115 Å². The first kappa shape index (κ1) is 19.2. The summed E-state index contributed by atoms with van der Waals surface area (Å²) in [6.45, 7) is 1.91. The molecule has 33 heavy (non-hydrogen) atoms. The quantitative estimate of drug-likeness (QED) is 0.409. The maximum atomic E-state index is 5.63. The maximum absolute atomic E-state index is 5.63. The van der Waals surface area contributed by atoms with E-state index in [0.29, 0.717) is 43.1 Å². The van der Waals surface area contributed by atoms with E-state index >= 15 is 0 Å². The average molecular weight is 444 g/mol. The van der Waals surface area contributed by atoms with Gasteiger partial charge in [0.2, 0.25) is 12.7 Å². The SMILES string of the molecule is c1cnc(NCc2ccc3c(c2)OCO3)c(-c2nc(Nc3ccc4c(c3)OCCO4)n[nH]2)c1. The zero-order valence-electron chi connectivity index (χ0n) is 17.5. The summed E-state index contributed by atoms with van der Waals surface area (Å²) in [5, 5.41) is 13.8. The molecule has 0 atom stereocenters. The summed E-state index contributed by atoms with van der Waals surface area (Å²) in [4.78, 5) is 9.06. The Hall–Kier alpha value is -4.47. The summed E-state index contributed by atoms with van der Waals surface area (Å²) in [7, 11) is 0. The van der Waals surface area contributed by atoms with Crippen LogP contribution in [0.1, 0.15) is 5.56 Å². The molecule has 0 bridgehead atoms. The van der Waals surface area contributed by atoms with E-state index in [4.69, 9.17) is 18.9 Å². The number of rotatable bonds is 6. The van der Waals surface area contributed by atoms with Crippen molar-refractivity contribution >= 4 is 17.5 Å². The molecule has 0 radical (unpaired) electrons. The van der Waals surface area contributed by atoms with E-state index in [-0.39, 0.29) is 6.79 Å². The highest BCUT2D eigenvalue weighted by Gasteiger charge is 2.16. The van der Waals surface area contributed by atoms with E-state index in [1.54, 1.807) is 6.20 Å². The number of H-pyrrole nitrogens is 1. The first-order valence-corrected chi connectivity index (χ1v) is 10.5. The van der Waals surface area contributed by atoms with E-state index in [2.05, 4.69) is 30.8 Å². The number of nitrogens with zero attached hydrogens (tertiary/aromatic N) is 3. The van der Waals surface area contributed by atoms with Crippen LogP contribution in [0.4, 0.5) is 17.5 Å². The lowest BCUT2D eigenvalue weighted by atomic mass is 10.2. The Morgan fingerprint density at radius 3 is 2.67 bits per heavy atom. The second-order valence-electron chi connectivity index (χ2n) is 7.43. The van der Waals surface area contributed by atoms with Gasteiger partial charge in [0.05, 0.1) is 5.56 Å². The largest absolute Gasteiger partial charge is 0.486 e. The van der Waals surface area contributed by atoms with Gasteiger partial charge in [-0.05, 0) is 42.0 Å². The van der Waals surface area contributed by atoms with Gasteiger partial charge in [-0.2, -0.15) is 4.98 Å². The molecular formula is C23H20N6O4. The van der Waals surface area contributed by atoms with Crippen molar-refractivity contribution in [2.45, 2.75) is 6.54 Å². The van der Waals surface area contributed by atoms with Crippen LogP contribution >= 0.6 is 0 Å². The molecule has 10 heteroatoms. The number of anilines is 3. The van der Waals surface area contributed by atoms with Crippen molar-refractivity contribution in [2.24, 2.45) is 0 Å². The van der Waals surface area contributed by atoms with Crippen LogP contribution in [-0.4, -0.2) is 40.2 Å². The Balaban J connectivity index is 1.18. The molecule has 2 aliphatic rings. The fourth-order valence-corrected chi connectivity index (χ4v) is 3.66. The molecule has 0 saturated heterocycles. The number of benzene rings is 2. The number of aromatic nitrogens is 4. The molecule has 0 unspecified atom stereocenters. The lowest BCUT2D eigenvalue weighted by molar-refractivity contribution is 0.171. The number of fused-ring (bicyclic) bond motifs is 2. The average Bonchev–Trinajstić information content (AvgIpc) is 3.52. The molecule has 2 aromatic carbocycles. The third kappa shape index (κ3) is 3.93. The number of aromatic amines is 1. The summed E-state index contributed by atoms with van der Waals surface area (Å²) >= 11 is 0. The standard InChI is InChI=1S/C23H20N6O4/c1-2-16(21(24-7-1)25-12-14-3-5-18-19(10-14)33-13-32-18)22-27-23(29-28-22)26-15-4-6-17-20(11-15)31-9-8-30-17/h1-7,10-11H,8-9,12-13H2,(H,24,25)(H2,26,27,28,29). The Labute approximate surface area is 188 Å². The molecule has 166 valence electrons. The molecule has 6 rings (SSSR count). The zero-order valence-corrected chi connectivity index (χ0v) is 17.5. The molecule has 0 amide bonds. The van der Waals surface area contributed by atoms with E-state index in [0.717, 1.165) is 34.1 Å². The summed E-state index contributed by atoms with van der Waals surface area (Å²) in [5.41, 5.74) is 2.66. The van der Waals surface area contributed by atoms with Gasteiger partial charge in [0, 0.05) is 24.5 Å². The molecule has 3 N–H and O–H groups in total. The van der Waals surface area contributed by atoms with Crippen LogP contribution < -0.4 is 29.6 Å². The van der Waals surface area contributed by atoms with Crippen molar-refractivity contribution in [3.05, 3.63) is 60.3 Å². The minimum Gasteiger partial charge on any atom is -0.486 e. The minimum atomic E-state index is 0.255. The van der Waals surface area contributed by atoms with Gasteiger partial charge in [0.25, 0.3) is 0 Å². The minimum absolute atomic E-state index is 0.255. The van der Waals surface area contributed by atoms with Crippen LogP contribution in [-0.2, 0) is 6.54 Å². The van der Waals surface area contributed by atoms with Crippen molar-refractivity contribution < 1.29 is 18.9 Å². The van der Waals surface area contributed by atoms with Crippen LogP contribution in [0, 0.1) is 0 Å². The molecular weight excluding hydrogens is 424 g/mol. The van der Waals surface area contributed by atoms with E-state index < -0.39 is 0 Å². The Kier molecular flexibility index (Phi) is 4.80. The monoisotopic (exact) mass is 444 g/mol. The highest BCUT2D eigenvalue weighted by Crippen LogP contribution is 2.34. The third-order valence-corrected chi connectivity index (χ3v) is 5.24. The Bertz CT molecular complexity index is 1310. The van der Waals surface area contributed by atoms with Crippen molar-refractivity contribution in [3.8, 4) is 34.4 Å². The zero-order chi connectivity index (χ0) is 22.0. The molecule has 4 aromatic rings. The summed E-state index contributed by atoms with van der Waals surface area (Å²) in [6.07, 6.45) is 1.73. The normalized spacial score (nSPS) is 13.6. The van der Waals surface area contributed by atoms with E-state index in [1.165, 1.54) is 0 Å². The Morgan fingerprint density at radius 1 is 0.879 bits per heavy atom. The van der Waals surface area contributed by atoms with Crippen molar-refractivity contribution in [1.82, 2.24) is 20.2 Å². The first-order chi connectivity index (χ1) is 16.3. The van der Waals surface area contributed by atoms with Crippen LogP contribution in [0.5, 0.6) is 23.0 Å². The number of hydrogen-bond donors (Lipinski definition) is 3. The fraction of sp³-hybridized carbons (Fsp3) is 0.174. The van der Waals surface area contributed by atoms with Crippen molar-refractivity contribution in [3.63, 3.8) is 0 Å². The lowest BCUT2D eigenvalue weighted by Crippen LogP contribution is -2.15. The van der Waals surface area contributed by atoms with Gasteiger partial charge in [0.15, 0.2) is 28.8 Å². The summed E-state index contributed by atoms with van der Waals surface area (Å²) < 4.78 is 22.0. The van der Waals surface area contributed by atoms with Crippen LogP contribution in [0.2, 0.25) is 0 Å². The van der Waals surface area contributed by atoms with Gasteiger partial charge < -0.3 is 29.6 Å². The molecule has 0 spiro atoms. The molecule has 2 aromatic heterocycles. The maximum Gasteiger partial charge on any atom is 0.246 e. The van der Waals surface area contributed by atoms with Crippen molar-refractivity contribution in [1.29, 1.82) is 0 Å². The fourth-order valence-electron chi connectivity index (χ4n) is 3.66. The number of hydrogen-bond acceptors (Lipinski definition) is 9. The van der Waals surface area contributed by atoms with Crippen molar-refractivity contribution in [2.75, 3.05) is 30.6 Å². The first-order valence-electron chi connectivity index (χ1n) is 10.5. The molecule has 0 fully saturated rings. The van der Waals surface area contributed by atoms with Gasteiger partial charge in [0.1, 0.15) is 19.0 Å². The third-order valence-electron chi connectivity index (χ3n) is 5.24. The molecule has 0 saturated carbocycles. The second kappa shape index (κ2) is 8.23. The smallest absolute Gasteiger partial charge is 0.246 e. The predicted octanol–water partition coefficient (Wildman–Crippen LogP) is 3.72. The summed E-state index contributed by atoms with van der Waals surface area (Å²) in [6, 6.07) is 15.3. The second-order valence-corrected chi connectivity index (χ2v) is 7.43. The summed E-state index contributed by atoms with van der Waals surface area (Å²) in [5.74, 6) is 4.67. The highest BCUT2D eigenvalue weighted by atomic mass is 16.7. The van der Waals surface area contributed by atoms with E-state index in [1.807, 2.05) is 48.5 Å². The van der Waals surface area contributed by atoms with Gasteiger partial charge in [-0.1, -0.05) is 6.07 Å². The van der Waals surface area contributed by atoms with Crippen LogP contribution in [0.25, 0.3) is 11.4 Å². The number of ether oxygens (including phenoxy) is 4.